The molecule has 0 aliphatic carbocycles. The second-order valence-corrected chi connectivity index (χ2v) is 1.72. The molecule has 0 saturated carbocycles. The molecule has 0 aromatic carbocycles. The molecule has 0 heterocycles. The first-order valence-corrected chi connectivity index (χ1v) is 3.05. The highest BCUT2D eigenvalue weighted by atomic mass is 16.1. The summed E-state index contributed by atoms with van der Waals surface area (Å²) in [7, 11) is 0. The Bertz CT molecular complexity index is 134. The fourth-order valence-electron chi connectivity index (χ4n) is 0.560. The smallest absolute Gasteiger partial charge is 0.211 e. The van der Waals surface area contributed by atoms with Gasteiger partial charge in [-0.25, -0.2) is 4.79 Å². The Morgan fingerprint density at radius 2 is 2.44 bits per heavy atom. The van der Waals surface area contributed by atoms with Gasteiger partial charge >= 0.3 is 0 Å². The van der Waals surface area contributed by atoms with Gasteiger partial charge in [0.25, 0.3) is 0 Å². The zero-order valence-corrected chi connectivity index (χ0v) is 5.79. The van der Waals surface area contributed by atoms with Gasteiger partial charge in [0.2, 0.25) is 6.08 Å². The number of hydrogen-bond acceptors (Lipinski definition) is 2. The molecular weight excluding hydrogens is 114 g/mol. The summed E-state index contributed by atoms with van der Waals surface area (Å²) >= 11 is 0. The molecule has 0 aromatic rings. The van der Waals surface area contributed by atoms with Crippen molar-refractivity contribution in [3.63, 3.8) is 0 Å². The lowest BCUT2D eigenvalue weighted by Crippen LogP contribution is -1.95. The minimum atomic E-state index is 0.0347. The van der Waals surface area contributed by atoms with Crippen LogP contribution in [0.15, 0.2) is 17.1 Å². The van der Waals surface area contributed by atoms with Crippen LogP contribution < -0.4 is 0 Å². The van der Waals surface area contributed by atoms with Crippen LogP contribution in [-0.4, -0.2) is 12.1 Å². The lowest BCUT2D eigenvalue weighted by molar-refractivity contribution is 0.559. The van der Waals surface area contributed by atoms with E-state index in [2.05, 4.69) is 4.99 Å². The Morgan fingerprint density at radius 3 is 2.78 bits per heavy atom. The normalized spacial score (nSPS) is 13.1. The molecule has 0 N–H and O–H groups in total. The Kier molecular flexibility index (Phi) is 4.75. The fourth-order valence-corrected chi connectivity index (χ4v) is 0.560. The van der Waals surface area contributed by atoms with Crippen LogP contribution in [0, 0.1) is 0 Å². The van der Waals surface area contributed by atoms with E-state index < -0.39 is 0 Å². The molecule has 0 amide bonds. The van der Waals surface area contributed by atoms with E-state index >= 15 is 0 Å². The van der Waals surface area contributed by atoms with E-state index in [4.69, 9.17) is 0 Å². The summed E-state index contributed by atoms with van der Waals surface area (Å²) in [5.41, 5.74) is 0. The van der Waals surface area contributed by atoms with Crippen LogP contribution in [0.25, 0.3) is 0 Å². The molecule has 0 bridgehead atoms. The van der Waals surface area contributed by atoms with Crippen molar-refractivity contribution in [3.05, 3.63) is 12.2 Å². The molecule has 0 spiro atoms. The van der Waals surface area contributed by atoms with Crippen molar-refractivity contribution in [2.45, 2.75) is 26.3 Å². The Labute approximate surface area is 55.3 Å². The van der Waals surface area contributed by atoms with Crippen molar-refractivity contribution in [3.8, 4) is 0 Å². The van der Waals surface area contributed by atoms with Crippen LogP contribution in [0.4, 0.5) is 0 Å². The quantitative estimate of drug-likeness (QED) is 0.320. The second kappa shape index (κ2) is 5.26. The van der Waals surface area contributed by atoms with Crippen LogP contribution in [0.2, 0.25) is 0 Å². The van der Waals surface area contributed by atoms with E-state index in [1.165, 1.54) is 6.08 Å². The molecule has 1 atom stereocenters. The van der Waals surface area contributed by atoms with E-state index in [0.717, 1.165) is 6.42 Å². The molecule has 2 nitrogen and oxygen atoms in total. The lowest BCUT2D eigenvalue weighted by atomic mass is 10.2. The maximum Gasteiger partial charge on any atom is 0.235 e. The molecule has 0 aromatic heterocycles. The predicted molar refractivity (Wildman–Crippen MR) is 37.0 cm³/mol. The van der Waals surface area contributed by atoms with Crippen LogP contribution in [-0.2, 0) is 4.79 Å². The van der Waals surface area contributed by atoms with Gasteiger partial charge in [0, 0.05) is 0 Å². The van der Waals surface area contributed by atoms with Gasteiger partial charge in [-0.05, 0) is 13.3 Å². The molecule has 0 rings (SSSR count). The molecule has 0 radical (unpaired) electrons. The minimum Gasteiger partial charge on any atom is -0.211 e. The minimum absolute atomic E-state index is 0.0347. The SMILES string of the molecule is C/C=C/[C@@H](CC)N=C=O. The van der Waals surface area contributed by atoms with Crippen LogP contribution in [0.3, 0.4) is 0 Å². The topological polar surface area (TPSA) is 29.4 Å². The van der Waals surface area contributed by atoms with Gasteiger partial charge < -0.3 is 0 Å². The molecule has 0 saturated heterocycles. The van der Waals surface area contributed by atoms with Crippen LogP contribution in [0.1, 0.15) is 20.3 Å². The number of isocyanates is 1. The lowest BCUT2D eigenvalue weighted by Gasteiger charge is -1.96. The molecule has 0 aliphatic rings. The first-order chi connectivity index (χ1) is 4.35. The van der Waals surface area contributed by atoms with E-state index in [-0.39, 0.29) is 6.04 Å². The summed E-state index contributed by atoms with van der Waals surface area (Å²) in [6, 6.07) is 0.0347. The molecule has 0 aliphatic heterocycles. The van der Waals surface area contributed by atoms with Crippen molar-refractivity contribution in [1.29, 1.82) is 0 Å². The maximum atomic E-state index is 9.72. The fraction of sp³-hybridized carbons (Fsp3) is 0.571. The number of rotatable bonds is 3. The Hall–Kier alpha value is -0.880. The largest absolute Gasteiger partial charge is 0.235 e. The highest BCUT2D eigenvalue weighted by molar-refractivity contribution is 5.34. The third-order valence-corrected chi connectivity index (χ3v) is 1.05. The van der Waals surface area contributed by atoms with Crippen molar-refractivity contribution < 1.29 is 4.79 Å². The van der Waals surface area contributed by atoms with Gasteiger partial charge in [-0.1, -0.05) is 19.1 Å². The van der Waals surface area contributed by atoms with Gasteiger partial charge in [-0.3, -0.25) is 0 Å². The zero-order chi connectivity index (χ0) is 7.11. The molecule has 0 fully saturated rings. The molecule has 2 heteroatoms. The zero-order valence-electron chi connectivity index (χ0n) is 5.79. The number of nitrogens with zero attached hydrogens (tertiary/aromatic N) is 1. The summed E-state index contributed by atoms with van der Waals surface area (Å²) in [4.78, 5) is 13.3. The van der Waals surface area contributed by atoms with Gasteiger partial charge in [0.1, 0.15) is 0 Å². The standard InChI is InChI=1S/C7H11NO/c1-3-5-7(4-2)8-6-9/h3,5,7H,4H2,1-2H3/b5-3+/t7-/m1/s1. The average molecular weight is 125 g/mol. The van der Waals surface area contributed by atoms with Crippen molar-refractivity contribution in [2.24, 2.45) is 4.99 Å². The van der Waals surface area contributed by atoms with Crippen molar-refractivity contribution >= 4 is 6.08 Å². The average Bonchev–Trinajstić information content (AvgIpc) is 1.88. The second-order valence-electron chi connectivity index (χ2n) is 1.72. The summed E-state index contributed by atoms with van der Waals surface area (Å²) in [5.74, 6) is 0. The summed E-state index contributed by atoms with van der Waals surface area (Å²) in [6.07, 6.45) is 6.15. The van der Waals surface area contributed by atoms with Gasteiger partial charge in [0.15, 0.2) is 0 Å². The number of carbonyl (C=O) groups excluding carboxylic acids is 1. The highest BCUT2D eigenvalue weighted by Crippen LogP contribution is 1.96. The predicted octanol–water partition coefficient (Wildman–Crippen LogP) is 1.68. The van der Waals surface area contributed by atoms with Crippen LogP contribution >= 0.6 is 0 Å². The maximum absolute atomic E-state index is 9.72. The number of allylic oxidation sites excluding steroid dienone is 1. The summed E-state index contributed by atoms with van der Waals surface area (Å²) in [5, 5.41) is 0. The molecule has 9 heavy (non-hydrogen) atoms. The molecule has 0 unspecified atom stereocenters. The first-order valence-electron chi connectivity index (χ1n) is 3.05. The Balaban J connectivity index is 3.82. The van der Waals surface area contributed by atoms with E-state index in [0.29, 0.717) is 0 Å². The highest BCUT2D eigenvalue weighted by Gasteiger charge is 1.93. The summed E-state index contributed by atoms with van der Waals surface area (Å²) < 4.78 is 0. The molecule has 50 valence electrons. The van der Waals surface area contributed by atoms with Crippen LogP contribution in [0.5, 0.6) is 0 Å². The number of hydrogen-bond donors (Lipinski definition) is 0. The first kappa shape index (κ1) is 8.12. The third-order valence-electron chi connectivity index (χ3n) is 1.05. The van der Waals surface area contributed by atoms with Gasteiger partial charge in [-0.15, -0.1) is 0 Å². The molecular formula is C7H11NO. The van der Waals surface area contributed by atoms with Crippen molar-refractivity contribution in [2.75, 3.05) is 0 Å². The van der Waals surface area contributed by atoms with E-state index in [1.54, 1.807) is 0 Å². The Morgan fingerprint density at radius 1 is 1.78 bits per heavy atom. The van der Waals surface area contributed by atoms with Crippen molar-refractivity contribution in [1.82, 2.24) is 0 Å². The van der Waals surface area contributed by atoms with E-state index in [9.17, 15) is 4.79 Å². The number of aliphatic imine (C=N–C) groups is 1. The van der Waals surface area contributed by atoms with Gasteiger partial charge in [-0.2, -0.15) is 4.99 Å². The third kappa shape index (κ3) is 3.68. The monoisotopic (exact) mass is 125 g/mol. The van der Waals surface area contributed by atoms with E-state index in [1.807, 2.05) is 26.0 Å². The summed E-state index contributed by atoms with van der Waals surface area (Å²) in [6.45, 7) is 3.88. The van der Waals surface area contributed by atoms with Gasteiger partial charge in [0.05, 0.1) is 6.04 Å².